The maximum absolute atomic E-state index is 12.1. The van der Waals surface area contributed by atoms with Crippen LogP contribution in [0.3, 0.4) is 0 Å². The van der Waals surface area contributed by atoms with Gasteiger partial charge in [0.1, 0.15) is 11.8 Å². The van der Waals surface area contributed by atoms with Gasteiger partial charge in [-0.2, -0.15) is 0 Å². The number of nitrogens with zero attached hydrogens (tertiary/aromatic N) is 1. The lowest BCUT2D eigenvalue weighted by molar-refractivity contribution is -0.151. The molecule has 1 aromatic rings. The van der Waals surface area contributed by atoms with Gasteiger partial charge in [-0.25, -0.2) is 4.79 Å². The quantitative estimate of drug-likeness (QED) is 0.797. The average molecular weight is 279 g/mol. The molecule has 0 saturated carbocycles. The Balaban J connectivity index is 1.95. The smallest absolute Gasteiger partial charge is 0.328 e. The zero-order valence-electron chi connectivity index (χ0n) is 11.2. The SMILES string of the molecule is COC(=O)C1CC(O)CN1C(=O)COc1ccccc1. The van der Waals surface area contributed by atoms with E-state index in [2.05, 4.69) is 4.74 Å². The van der Waals surface area contributed by atoms with E-state index in [-0.39, 0.29) is 25.5 Å². The highest BCUT2D eigenvalue weighted by Crippen LogP contribution is 2.19. The van der Waals surface area contributed by atoms with Crippen LogP contribution in [0.1, 0.15) is 6.42 Å². The Morgan fingerprint density at radius 3 is 2.70 bits per heavy atom. The van der Waals surface area contributed by atoms with Gasteiger partial charge in [0.2, 0.25) is 0 Å². The van der Waals surface area contributed by atoms with Crippen LogP contribution in [0, 0.1) is 0 Å². The molecule has 1 aliphatic rings. The Kier molecular flexibility index (Phi) is 4.57. The van der Waals surface area contributed by atoms with E-state index in [0.29, 0.717) is 5.75 Å². The molecule has 1 saturated heterocycles. The van der Waals surface area contributed by atoms with Crippen LogP contribution >= 0.6 is 0 Å². The first-order valence-electron chi connectivity index (χ1n) is 6.35. The van der Waals surface area contributed by atoms with Gasteiger partial charge < -0.3 is 19.5 Å². The zero-order valence-corrected chi connectivity index (χ0v) is 11.2. The van der Waals surface area contributed by atoms with E-state index < -0.39 is 18.1 Å². The second-order valence-electron chi connectivity index (χ2n) is 4.58. The predicted molar refractivity (Wildman–Crippen MR) is 70.1 cm³/mol. The summed E-state index contributed by atoms with van der Waals surface area (Å²) in [4.78, 5) is 25.0. The molecule has 20 heavy (non-hydrogen) atoms. The van der Waals surface area contributed by atoms with Crippen molar-refractivity contribution >= 4 is 11.9 Å². The largest absolute Gasteiger partial charge is 0.484 e. The van der Waals surface area contributed by atoms with E-state index in [9.17, 15) is 14.7 Å². The number of aliphatic hydroxyl groups is 1. The maximum Gasteiger partial charge on any atom is 0.328 e. The van der Waals surface area contributed by atoms with Crippen molar-refractivity contribution in [2.45, 2.75) is 18.6 Å². The van der Waals surface area contributed by atoms with Crippen molar-refractivity contribution in [2.75, 3.05) is 20.3 Å². The van der Waals surface area contributed by atoms with Gasteiger partial charge in [0.15, 0.2) is 6.61 Å². The third kappa shape index (κ3) is 3.27. The standard InChI is InChI=1S/C14H17NO5/c1-19-14(18)12-7-10(16)8-15(12)13(17)9-20-11-5-3-2-4-6-11/h2-6,10,12,16H,7-9H2,1H3. The van der Waals surface area contributed by atoms with E-state index in [1.807, 2.05) is 6.07 Å². The second kappa shape index (κ2) is 6.38. The van der Waals surface area contributed by atoms with Gasteiger partial charge in [-0.1, -0.05) is 18.2 Å². The minimum Gasteiger partial charge on any atom is -0.484 e. The molecule has 6 nitrogen and oxygen atoms in total. The van der Waals surface area contributed by atoms with Crippen molar-refractivity contribution in [3.8, 4) is 5.75 Å². The number of carbonyl (C=O) groups excluding carboxylic acids is 2. The first kappa shape index (κ1) is 14.3. The highest BCUT2D eigenvalue weighted by atomic mass is 16.5. The lowest BCUT2D eigenvalue weighted by atomic mass is 10.2. The molecule has 1 aliphatic heterocycles. The van der Waals surface area contributed by atoms with Crippen molar-refractivity contribution in [3.63, 3.8) is 0 Å². The molecule has 1 aromatic carbocycles. The van der Waals surface area contributed by atoms with Gasteiger partial charge >= 0.3 is 5.97 Å². The lowest BCUT2D eigenvalue weighted by Gasteiger charge is -2.22. The molecule has 6 heteroatoms. The predicted octanol–water partition coefficient (Wildman–Crippen LogP) is 0.200. The molecule has 1 N–H and O–H groups in total. The number of hydrogen-bond donors (Lipinski definition) is 1. The summed E-state index contributed by atoms with van der Waals surface area (Å²) >= 11 is 0. The molecule has 1 fully saturated rings. The average Bonchev–Trinajstić information content (AvgIpc) is 2.87. The number of ether oxygens (including phenoxy) is 2. The Morgan fingerprint density at radius 2 is 2.05 bits per heavy atom. The Labute approximate surface area is 116 Å². The maximum atomic E-state index is 12.1. The number of carbonyl (C=O) groups is 2. The van der Waals surface area contributed by atoms with Crippen LogP contribution in [0.25, 0.3) is 0 Å². The van der Waals surface area contributed by atoms with Crippen LogP contribution in [-0.2, 0) is 14.3 Å². The molecule has 108 valence electrons. The number of likely N-dealkylation sites (tertiary alicyclic amines) is 1. The fourth-order valence-electron chi connectivity index (χ4n) is 2.19. The summed E-state index contributed by atoms with van der Waals surface area (Å²) < 4.78 is 9.99. The first-order valence-corrected chi connectivity index (χ1v) is 6.35. The zero-order chi connectivity index (χ0) is 14.5. The Hall–Kier alpha value is -2.08. The van der Waals surface area contributed by atoms with Gasteiger partial charge in [0, 0.05) is 13.0 Å². The normalized spacial score (nSPS) is 21.6. The number of amides is 1. The minimum absolute atomic E-state index is 0.122. The molecule has 0 spiro atoms. The van der Waals surface area contributed by atoms with Gasteiger partial charge in [-0.3, -0.25) is 4.79 Å². The molecule has 2 unspecified atom stereocenters. The third-order valence-electron chi connectivity index (χ3n) is 3.18. The van der Waals surface area contributed by atoms with Crippen molar-refractivity contribution < 1.29 is 24.2 Å². The monoisotopic (exact) mass is 279 g/mol. The molecule has 1 heterocycles. The van der Waals surface area contributed by atoms with Crippen LogP contribution in [0.2, 0.25) is 0 Å². The summed E-state index contributed by atoms with van der Waals surface area (Å²) in [5.74, 6) is -0.286. The number of benzene rings is 1. The number of β-amino-alcohol motifs (C(OH)–C–C–N with tert-alkyl or cyclic N) is 1. The minimum atomic E-state index is -0.734. The van der Waals surface area contributed by atoms with E-state index in [1.54, 1.807) is 24.3 Å². The molecule has 2 rings (SSSR count). The van der Waals surface area contributed by atoms with E-state index in [0.717, 1.165) is 0 Å². The van der Waals surface area contributed by atoms with Gasteiger partial charge in [-0.05, 0) is 12.1 Å². The number of aliphatic hydroxyl groups excluding tert-OH is 1. The Morgan fingerprint density at radius 1 is 1.35 bits per heavy atom. The van der Waals surface area contributed by atoms with Crippen molar-refractivity contribution in [3.05, 3.63) is 30.3 Å². The van der Waals surface area contributed by atoms with Crippen LogP contribution in [0.15, 0.2) is 30.3 Å². The van der Waals surface area contributed by atoms with Crippen molar-refractivity contribution in [1.82, 2.24) is 4.90 Å². The summed E-state index contributed by atoms with van der Waals surface area (Å²) in [6.45, 7) is -0.0546. The van der Waals surface area contributed by atoms with E-state index >= 15 is 0 Å². The van der Waals surface area contributed by atoms with Crippen LogP contribution in [-0.4, -0.2) is 54.3 Å². The van der Waals surface area contributed by atoms with E-state index in [1.165, 1.54) is 12.0 Å². The van der Waals surface area contributed by atoms with Crippen LogP contribution < -0.4 is 4.74 Å². The second-order valence-corrected chi connectivity index (χ2v) is 4.58. The lowest BCUT2D eigenvalue weighted by Crippen LogP contribution is -2.43. The molecule has 2 atom stereocenters. The number of para-hydroxylation sites is 1. The summed E-state index contributed by atoms with van der Waals surface area (Å²) in [5, 5.41) is 9.61. The summed E-state index contributed by atoms with van der Waals surface area (Å²) in [7, 11) is 1.26. The number of methoxy groups -OCH3 is 1. The number of rotatable bonds is 4. The van der Waals surface area contributed by atoms with Crippen molar-refractivity contribution in [1.29, 1.82) is 0 Å². The van der Waals surface area contributed by atoms with Gasteiger partial charge in [-0.15, -0.1) is 0 Å². The molecule has 0 radical (unpaired) electrons. The Bertz CT molecular complexity index is 476. The molecular weight excluding hydrogens is 262 g/mol. The fourth-order valence-corrected chi connectivity index (χ4v) is 2.19. The number of hydrogen-bond acceptors (Lipinski definition) is 5. The molecular formula is C14H17NO5. The van der Waals surface area contributed by atoms with Crippen LogP contribution in [0.4, 0.5) is 0 Å². The summed E-state index contributed by atoms with van der Waals surface area (Å²) in [6, 6.07) is 8.20. The highest BCUT2D eigenvalue weighted by Gasteiger charge is 2.39. The first-order chi connectivity index (χ1) is 9.61. The third-order valence-corrected chi connectivity index (χ3v) is 3.18. The van der Waals surface area contributed by atoms with Crippen LogP contribution in [0.5, 0.6) is 5.75 Å². The molecule has 0 bridgehead atoms. The fraction of sp³-hybridized carbons (Fsp3) is 0.429. The van der Waals surface area contributed by atoms with Gasteiger partial charge in [0.25, 0.3) is 5.91 Å². The van der Waals surface area contributed by atoms with E-state index in [4.69, 9.17) is 4.74 Å². The topological polar surface area (TPSA) is 76.1 Å². The summed E-state index contributed by atoms with van der Waals surface area (Å²) in [6.07, 6.45) is -0.510. The number of esters is 1. The molecule has 0 aliphatic carbocycles. The van der Waals surface area contributed by atoms with Crippen molar-refractivity contribution in [2.24, 2.45) is 0 Å². The highest BCUT2D eigenvalue weighted by molar-refractivity contribution is 5.86. The molecule has 1 amide bonds. The van der Waals surface area contributed by atoms with Gasteiger partial charge in [0.05, 0.1) is 13.2 Å². The molecule has 0 aromatic heterocycles. The summed E-state index contributed by atoms with van der Waals surface area (Å²) in [5.41, 5.74) is 0.